The molecule has 1 aliphatic heterocycles. The second-order valence-corrected chi connectivity index (χ2v) is 6.72. The summed E-state index contributed by atoms with van der Waals surface area (Å²) < 4.78 is 16.5. The molecule has 1 N–H and O–H groups in total. The van der Waals surface area contributed by atoms with Crippen LogP contribution in [0.5, 0.6) is 17.2 Å². The van der Waals surface area contributed by atoms with E-state index in [-0.39, 0.29) is 12.7 Å². The first-order valence-corrected chi connectivity index (χ1v) is 9.20. The molecule has 142 valence electrons. The molecule has 3 aromatic carbocycles. The highest BCUT2D eigenvalue weighted by Crippen LogP contribution is 2.32. The third kappa shape index (κ3) is 4.21. The largest absolute Gasteiger partial charge is 0.488 e. The van der Waals surface area contributed by atoms with E-state index >= 15 is 0 Å². The number of amides is 1. The lowest BCUT2D eigenvalue weighted by molar-refractivity contribution is 0.0946. The maximum atomic E-state index is 12.7. The van der Waals surface area contributed by atoms with Crippen LogP contribution in [0.15, 0.2) is 66.7 Å². The Morgan fingerprint density at radius 1 is 0.964 bits per heavy atom. The number of halogens is 1. The number of hydrogen-bond acceptors (Lipinski definition) is 4. The molecule has 6 heteroatoms. The Labute approximate surface area is 167 Å². The molecular weight excluding hydrogens is 378 g/mol. The van der Waals surface area contributed by atoms with E-state index in [2.05, 4.69) is 5.32 Å². The average Bonchev–Trinajstić information content (AvgIpc) is 3.19. The lowest BCUT2D eigenvalue weighted by atomic mass is 10.1. The van der Waals surface area contributed by atoms with Gasteiger partial charge in [-0.15, -0.1) is 0 Å². The molecule has 0 spiro atoms. The normalized spacial score (nSPS) is 11.9. The Balaban J connectivity index is 1.45. The van der Waals surface area contributed by atoms with E-state index in [1.807, 2.05) is 48.5 Å². The molecular formula is C22H18ClNO4. The zero-order valence-corrected chi connectivity index (χ0v) is 15.7. The number of rotatable bonds is 6. The van der Waals surface area contributed by atoms with Crippen molar-refractivity contribution in [1.82, 2.24) is 5.32 Å². The second kappa shape index (κ2) is 8.23. The SMILES string of the molecule is O=C(NCc1ccc2c(c1)OCO2)c1cc(Cl)ccc1OCc1ccccc1. The molecule has 1 heterocycles. The van der Waals surface area contributed by atoms with Crippen molar-refractivity contribution in [3.8, 4) is 17.2 Å². The van der Waals surface area contributed by atoms with Crippen LogP contribution in [0.4, 0.5) is 0 Å². The van der Waals surface area contributed by atoms with Gasteiger partial charge in [-0.25, -0.2) is 0 Å². The highest BCUT2D eigenvalue weighted by atomic mass is 35.5. The fourth-order valence-corrected chi connectivity index (χ4v) is 3.04. The molecule has 0 unspecified atom stereocenters. The number of carbonyl (C=O) groups is 1. The Kier molecular flexibility index (Phi) is 5.35. The van der Waals surface area contributed by atoms with Crippen molar-refractivity contribution in [3.63, 3.8) is 0 Å². The van der Waals surface area contributed by atoms with Gasteiger partial charge >= 0.3 is 0 Å². The number of ether oxygens (including phenoxy) is 3. The van der Waals surface area contributed by atoms with Crippen molar-refractivity contribution in [2.24, 2.45) is 0 Å². The van der Waals surface area contributed by atoms with Crippen LogP contribution in [0.2, 0.25) is 5.02 Å². The Hall–Kier alpha value is -3.18. The smallest absolute Gasteiger partial charge is 0.255 e. The summed E-state index contributed by atoms with van der Waals surface area (Å²) in [5.74, 6) is 1.61. The third-order valence-corrected chi connectivity index (χ3v) is 4.55. The predicted octanol–water partition coefficient (Wildman–Crippen LogP) is 4.58. The number of nitrogens with one attached hydrogen (secondary N) is 1. The van der Waals surface area contributed by atoms with Crippen molar-refractivity contribution in [1.29, 1.82) is 0 Å². The standard InChI is InChI=1S/C22H18ClNO4/c23-17-7-9-19(26-13-15-4-2-1-3-5-15)18(11-17)22(25)24-12-16-6-8-20-21(10-16)28-14-27-20/h1-11H,12-14H2,(H,24,25). The third-order valence-electron chi connectivity index (χ3n) is 4.31. The van der Waals surface area contributed by atoms with Crippen molar-refractivity contribution >= 4 is 17.5 Å². The molecule has 3 aromatic rings. The minimum Gasteiger partial charge on any atom is -0.488 e. The molecule has 0 bridgehead atoms. The van der Waals surface area contributed by atoms with Gasteiger partial charge in [-0.3, -0.25) is 4.79 Å². The number of benzene rings is 3. The van der Waals surface area contributed by atoms with Gasteiger partial charge in [0.2, 0.25) is 6.79 Å². The summed E-state index contributed by atoms with van der Waals surface area (Å²) in [5, 5.41) is 3.37. The van der Waals surface area contributed by atoms with E-state index in [9.17, 15) is 4.79 Å². The van der Waals surface area contributed by atoms with Crippen molar-refractivity contribution in [3.05, 3.63) is 88.4 Å². The van der Waals surface area contributed by atoms with Gasteiger partial charge in [0, 0.05) is 11.6 Å². The molecule has 0 atom stereocenters. The van der Waals surface area contributed by atoms with Crippen molar-refractivity contribution in [2.75, 3.05) is 6.79 Å². The predicted molar refractivity (Wildman–Crippen MR) is 106 cm³/mol. The molecule has 0 saturated carbocycles. The monoisotopic (exact) mass is 395 g/mol. The van der Waals surface area contributed by atoms with E-state index in [1.54, 1.807) is 18.2 Å². The maximum Gasteiger partial charge on any atom is 0.255 e. The van der Waals surface area contributed by atoms with Gasteiger partial charge in [0.25, 0.3) is 5.91 Å². The van der Waals surface area contributed by atoms with Crippen molar-refractivity contribution < 1.29 is 19.0 Å². The minimum atomic E-state index is -0.261. The number of carbonyl (C=O) groups excluding carboxylic acids is 1. The van der Waals surface area contributed by atoms with Gasteiger partial charge in [-0.1, -0.05) is 48.0 Å². The van der Waals surface area contributed by atoms with Gasteiger partial charge in [-0.05, 0) is 41.5 Å². The van der Waals surface area contributed by atoms with E-state index < -0.39 is 0 Å². The van der Waals surface area contributed by atoms with Gasteiger partial charge in [0.15, 0.2) is 11.5 Å². The summed E-state index contributed by atoms with van der Waals surface area (Å²) in [6.45, 7) is 0.931. The molecule has 4 rings (SSSR count). The van der Waals surface area contributed by atoms with Crippen LogP contribution in [0.3, 0.4) is 0 Å². The average molecular weight is 396 g/mol. The molecule has 0 radical (unpaired) electrons. The topological polar surface area (TPSA) is 56.8 Å². The molecule has 0 aromatic heterocycles. The minimum absolute atomic E-state index is 0.218. The van der Waals surface area contributed by atoms with Crippen LogP contribution in [-0.2, 0) is 13.2 Å². The van der Waals surface area contributed by atoms with Gasteiger partial charge in [0.1, 0.15) is 12.4 Å². The van der Waals surface area contributed by atoms with Gasteiger partial charge in [0.05, 0.1) is 5.56 Å². The first kappa shape index (κ1) is 18.2. The van der Waals surface area contributed by atoms with E-state index in [1.165, 1.54) is 0 Å². The quantitative estimate of drug-likeness (QED) is 0.663. The molecule has 1 amide bonds. The van der Waals surface area contributed by atoms with Crippen LogP contribution in [0.1, 0.15) is 21.5 Å². The van der Waals surface area contributed by atoms with Crippen LogP contribution >= 0.6 is 11.6 Å². The highest BCUT2D eigenvalue weighted by Gasteiger charge is 2.16. The number of fused-ring (bicyclic) bond motifs is 1. The lowest BCUT2D eigenvalue weighted by Crippen LogP contribution is -2.23. The lowest BCUT2D eigenvalue weighted by Gasteiger charge is -2.13. The van der Waals surface area contributed by atoms with Crippen LogP contribution < -0.4 is 19.5 Å². The summed E-state index contributed by atoms with van der Waals surface area (Å²) in [5.41, 5.74) is 2.32. The van der Waals surface area contributed by atoms with E-state index in [0.29, 0.717) is 41.0 Å². The first-order valence-electron chi connectivity index (χ1n) is 8.82. The Bertz CT molecular complexity index is 991. The van der Waals surface area contributed by atoms with E-state index in [0.717, 1.165) is 11.1 Å². The fourth-order valence-electron chi connectivity index (χ4n) is 2.87. The summed E-state index contributed by atoms with van der Waals surface area (Å²) in [6, 6.07) is 20.4. The van der Waals surface area contributed by atoms with Crippen LogP contribution in [0, 0.1) is 0 Å². The molecule has 0 saturated heterocycles. The zero-order valence-electron chi connectivity index (χ0n) is 15.0. The highest BCUT2D eigenvalue weighted by molar-refractivity contribution is 6.31. The Morgan fingerprint density at radius 2 is 1.79 bits per heavy atom. The number of hydrogen-bond donors (Lipinski definition) is 1. The molecule has 0 aliphatic carbocycles. The van der Waals surface area contributed by atoms with Gasteiger partial charge in [-0.2, -0.15) is 0 Å². The zero-order chi connectivity index (χ0) is 19.3. The summed E-state index contributed by atoms with van der Waals surface area (Å²) in [6.07, 6.45) is 0. The maximum absolute atomic E-state index is 12.7. The Morgan fingerprint density at radius 3 is 2.64 bits per heavy atom. The molecule has 0 fully saturated rings. The molecule has 5 nitrogen and oxygen atoms in total. The fraction of sp³-hybridized carbons (Fsp3) is 0.136. The second-order valence-electron chi connectivity index (χ2n) is 6.29. The van der Waals surface area contributed by atoms with Crippen LogP contribution in [-0.4, -0.2) is 12.7 Å². The van der Waals surface area contributed by atoms with Crippen molar-refractivity contribution in [2.45, 2.75) is 13.2 Å². The molecule has 28 heavy (non-hydrogen) atoms. The summed E-state index contributed by atoms with van der Waals surface area (Å²) in [7, 11) is 0. The first-order chi connectivity index (χ1) is 13.7. The summed E-state index contributed by atoms with van der Waals surface area (Å²) in [4.78, 5) is 12.7. The summed E-state index contributed by atoms with van der Waals surface area (Å²) >= 11 is 6.09. The molecule has 1 aliphatic rings. The van der Waals surface area contributed by atoms with E-state index in [4.69, 9.17) is 25.8 Å². The van der Waals surface area contributed by atoms with Crippen LogP contribution in [0.25, 0.3) is 0 Å². The van der Waals surface area contributed by atoms with Gasteiger partial charge < -0.3 is 19.5 Å².